The summed E-state index contributed by atoms with van der Waals surface area (Å²) in [5, 5.41) is 12.0. The van der Waals surface area contributed by atoms with Crippen molar-refractivity contribution >= 4 is 11.9 Å². The van der Waals surface area contributed by atoms with Gasteiger partial charge in [0.1, 0.15) is 5.54 Å². The van der Waals surface area contributed by atoms with Gasteiger partial charge in [0.25, 0.3) is 0 Å². The lowest BCUT2D eigenvalue weighted by molar-refractivity contribution is -0.151. The predicted molar refractivity (Wildman–Crippen MR) is 79.1 cm³/mol. The largest absolute Gasteiger partial charge is 0.480 e. The van der Waals surface area contributed by atoms with Crippen LogP contribution in [0.1, 0.15) is 48.8 Å². The van der Waals surface area contributed by atoms with Crippen LogP contribution < -0.4 is 5.32 Å². The van der Waals surface area contributed by atoms with Gasteiger partial charge in [-0.25, -0.2) is 4.79 Å². The zero-order chi connectivity index (χ0) is 14.9. The van der Waals surface area contributed by atoms with Crippen LogP contribution in [-0.4, -0.2) is 22.5 Å². The van der Waals surface area contributed by atoms with Crippen LogP contribution >= 0.6 is 0 Å². The van der Waals surface area contributed by atoms with E-state index < -0.39 is 11.5 Å². The van der Waals surface area contributed by atoms with Crippen molar-refractivity contribution < 1.29 is 14.7 Å². The molecule has 2 aliphatic carbocycles. The number of amides is 1. The summed E-state index contributed by atoms with van der Waals surface area (Å²) in [4.78, 5) is 23.4. The number of hydrogen-bond donors (Lipinski definition) is 2. The Kier molecular flexibility index (Phi) is 3.70. The van der Waals surface area contributed by atoms with Crippen molar-refractivity contribution in [1.82, 2.24) is 5.32 Å². The van der Waals surface area contributed by atoms with E-state index in [0.717, 1.165) is 24.8 Å². The van der Waals surface area contributed by atoms with Gasteiger partial charge in [-0.3, -0.25) is 4.79 Å². The van der Waals surface area contributed by atoms with E-state index in [2.05, 4.69) is 17.4 Å². The summed E-state index contributed by atoms with van der Waals surface area (Å²) in [5.74, 6) is -1.10. The Morgan fingerprint density at radius 1 is 1.10 bits per heavy atom. The molecule has 0 atom stereocenters. The second kappa shape index (κ2) is 5.51. The first-order valence-electron chi connectivity index (χ1n) is 7.74. The second-order valence-electron chi connectivity index (χ2n) is 6.28. The molecule has 0 saturated heterocycles. The monoisotopic (exact) mass is 287 g/mol. The highest BCUT2D eigenvalue weighted by atomic mass is 16.4. The molecule has 0 spiro atoms. The van der Waals surface area contributed by atoms with E-state index in [9.17, 15) is 14.7 Å². The minimum Gasteiger partial charge on any atom is -0.480 e. The molecule has 112 valence electrons. The molecule has 0 radical (unpaired) electrons. The first-order valence-corrected chi connectivity index (χ1v) is 7.74. The molecule has 2 N–H and O–H groups in total. The fourth-order valence-electron chi connectivity index (χ4n) is 3.32. The van der Waals surface area contributed by atoms with E-state index in [1.165, 1.54) is 24.0 Å². The van der Waals surface area contributed by atoms with Crippen molar-refractivity contribution in [2.75, 3.05) is 0 Å². The van der Waals surface area contributed by atoms with Crippen LogP contribution in [0.2, 0.25) is 0 Å². The van der Waals surface area contributed by atoms with Crippen molar-refractivity contribution in [2.45, 2.75) is 56.9 Å². The maximum absolute atomic E-state index is 12.1. The highest BCUT2D eigenvalue weighted by molar-refractivity contribution is 5.88. The van der Waals surface area contributed by atoms with E-state index in [-0.39, 0.29) is 12.3 Å². The molecule has 3 rings (SSSR count). The quantitative estimate of drug-likeness (QED) is 0.892. The predicted octanol–water partition coefficient (Wildman–Crippen LogP) is 2.23. The fraction of sp³-hybridized carbons (Fsp3) is 0.529. The van der Waals surface area contributed by atoms with Crippen LogP contribution in [0.5, 0.6) is 0 Å². The van der Waals surface area contributed by atoms with E-state index >= 15 is 0 Å². The molecule has 4 nitrogen and oxygen atoms in total. The Hall–Kier alpha value is -1.84. The van der Waals surface area contributed by atoms with Gasteiger partial charge in [0.2, 0.25) is 5.91 Å². The standard InChI is InChI=1S/C17H21NO3/c19-15(18-17(16(20)21)8-3-9-17)11-12-6-7-13-4-1-2-5-14(13)10-12/h6-7,10H,1-5,8-9,11H2,(H,18,19)(H,20,21). The zero-order valence-electron chi connectivity index (χ0n) is 12.2. The van der Waals surface area contributed by atoms with E-state index in [0.29, 0.717) is 12.8 Å². The van der Waals surface area contributed by atoms with Crippen LogP contribution in [0.4, 0.5) is 0 Å². The third kappa shape index (κ3) is 2.80. The van der Waals surface area contributed by atoms with Crippen molar-refractivity contribution in [2.24, 2.45) is 0 Å². The molecule has 1 aromatic rings. The average Bonchev–Trinajstić information content (AvgIpc) is 2.42. The number of carboxylic acids is 1. The molecule has 21 heavy (non-hydrogen) atoms. The second-order valence-corrected chi connectivity index (χ2v) is 6.28. The molecular weight excluding hydrogens is 266 g/mol. The maximum Gasteiger partial charge on any atom is 0.329 e. The summed E-state index contributed by atoms with van der Waals surface area (Å²) in [6, 6.07) is 6.23. The summed E-state index contributed by atoms with van der Waals surface area (Å²) in [5.41, 5.74) is 2.72. The van der Waals surface area contributed by atoms with Gasteiger partial charge < -0.3 is 10.4 Å². The smallest absolute Gasteiger partial charge is 0.329 e. The molecule has 0 unspecified atom stereocenters. The fourth-order valence-corrected chi connectivity index (χ4v) is 3.32. The van der Waals surface area contributed by atoms with Crippen molar-refractivity contribution in [3.8, 4) is 0 Å². The van der Waals surface area contributed by atoms with Gasteiger partial charge in [-0.1, -0.05) is 18.2 Å². The summed E-state index contributed by atoms with van der Waals surface area (Å²) in [6.07, 6.45) is 6.89. The molecule has 1 aromatic carbocycles. The van der Waals surface area contributed by atoms with Gasteiger partial charge in [-0.2, -0.15) is 0 Å². The summed E-state index contributed by atoms with van der Waals surface area (Å²) >= 11 is 0. The van der Waals surface area contributed by atoms with Crippen LogP contribution in [0, 0.1) is 0 Å². The number of hydrogen-bond acceptors (Lipinski definition) is 2. The highest BCUT2D eigenvalue weighted by Crippen LogP contribution is 2.32. The lowest BCUT2D eigenvalue weighted by Gasteiger charge is -2.38. The van der Waals surface area contributed by atoms with E-state index in [1.54, 1.807) is 0 Å². The maximum atomic E-state index is 12.1. The Balaban J connectivity index is 1.66. The third-order valence-corrected chi connectivity index (χ3v) is 4.77. The number of rotatable bonds is 4. The van der Waals surface area contributed by atoms with Gasteiger partial charge in [0, 0.05) is 0 Å². The first-order chi connectivity index (χ1) is 10.1. The van der Waals surface area contributed by atoms with Crippen LogP contribution in [-0.2, 0) is 28.9 Å². The van der Waals surface area contributed by atoms with Crippen molar-refractivity contribution in [3.63, 3.8) is 0 Å². The number of nitrogens with one attached hydrogen (secondary N) is 1. The van der Waals surface area contributed by atoms with Crippen LogP contribution in [0.15, 0.2) is 18.2 Å². The third-order valence-electron chi connectivity index (χ3n) is 4.77. The molecule has 0 aromatic heterocycles. The number of carboxylic acid groups (broad SMARTS) is 1. The minimum absolute atomic E-state index is 0.187. The minimum atomic E-state index is -1.01. The summed E-state index contributed by atoms with van der Waals surface area (Å²) in [6.45, 7) is 0. The summed E-state index contributed by atoms with van der Waals surface area (Å²) in [7, 11) is 0. The number of aryl methyl sites for hydroxylation is 2. The molecule has 0 heterocycles. The van der Waals surface area contributed by atoms with Gasteiger partial charge in [-0.15, -0.1) is 0 Å². The number of benzene rings is 1. The first kappa shape index (κ1) is 14.1. The van der Waals surface area contributed by atoms with Crippen molar-refractivity contribution in [1.29, 1.82) is 0 Å². The number of carbonyl (C=O) groups excluding carboxylic acids is 1. The van der Waals surface area contributed by atoms with Gasteiger partial charge in [0.15, 0.2) is 0 Å². The van der Waals surface area contributed by atoms with Gasteiger partial charge in [0.05, 0.1) is 6.42 Å². The van der Waals surface area contributed by atoms with Crippen LogP contribution in [0.3, 0.4) is 0 Å². The van der Waals surface area contributed by atoms with Gasteiger partial charge in [-0.05, 0) is 61.6 Å². The number of aliphatic carboxylic acids is 1. The Bertz CT molecular complexity index is 575. The lowest BCUT2D eigenvalue weighted by atomic mass is 9.76. The average molecular weight is 287 g/mol. The number of fused-ring (bicyclic) bond motifs is 1. The molecule has 1 fully saturated rings. The zero-order valence-corrected chi connectivity index (χ0v) is 12.2. The molecular formula is C17H21NO3. The topological polar surface area (TPSA) is 66.4 Å². The Morgan fingerprint density at radius 3 is 2.43 bits per heavy atom. The van der Waals surface area contributed by atoms with Crippen LogP contribution in [0.25, 0.3) is 0 Å². The van der Waals surface area contributed by atoms with E-state index in [1.807, 2.05) is 6.07 Å². The SMILES string of the molecule is O=C(Cc1ccc2c(c1)CCCC2)NC1(C(=O)O)CCC1. The Labute approximate surface area is 124 Å². The van der Waals surface area contributed by atoms with E-state index in [4.69, 9.17) is 0 Å². The van der Waals surface area contributed by atoms with Crippen molar-refractivity contribution in [3.05, 3.63) is 34.9 Å². The Morgan fingerprint density at radius 2 is 1.81 bits per heavy atom. The van der Waals surface area contributed by atoms with Gasteiger partial charge >= 0.3 is 5.97 Å². The molecule has 0 aliphatic heterocycles. The molecule has 4 heteroatoms. The molecule has 1 amide bonds. The normalized spacial score (nSPS) is 19.2. The molecule has 1 saturated carbocycles. The molecule has 0 bridgehead atoms. The summed E-state index contributed by atoms with van der Waals surface area (Å²) < 4.78 is 0. The lowest BCUT2D eigenvalue weighted by Crippen LogP contribution is -2.59. The molecule has 2 aliphatic rings. The highest BCUT2D eigenvalue weighted by Gasteiger charge is 2.45. The number of carbonyl (C=O) groups is 2.